The number of rotatable bonds is 10. The van der Waals surface area contributed by atoms with Gasteiger partial charge in [0.05, 0.1) is 12.3 Å². The molecule has 13 nitrogen and oxygen atoms in total. The first kappa shape index (κ1) is 40.7. The fourth-order valence-corrected chi connectivity index (χ4v) is 9.58. The van der Waals surface area contributed by atoms with Crippen LogP contribution >= 0.6 is 0 Å². The lowest BCUT2D eigenvalue weighted by Crippen LogP contribution is -2.47. The standard InChI is InChI=1S/C44H54F2N8O5/c45-36-23-33(48-38-10-11-39(56)50-41(38)57)8-9-35(36)28-14-17-52(18-15-28)25-27-12-19-53(20-13-27)42(58)29-4-6-32(7-5-29)49-44-47-24-37(46)40(51-44)30-2-1-3-31(22-30)43(59)54-21-16-34(55)26-54/h1-3,8-9,22-24,27-29,32,34,38,48,55H,4-7,10-21,25-26H2,(H,47,49,51)(H,50,56,57)/t29?,32?,34-,38?/m0/s1. The van der Waals surface area contributed by atoms with Gasteiger partial charge >= 0.3 is 0 Å². The average molecular weight is 813 g/mol. The molecule has 5 fully saturated rings. The minimum Gasteiger partial charge on any atom is -0.391 e. The molecule has 0 bridgehead atoms. The van der Waals surface area contributed by atoms with Gasteiger partial charge in [-0.05, 0) is 119 Å². The predicted molar refractivity (Wildman–Crippen MR) is 217 cm³/mol. The summed E-state index contributed by atoms with van der Waals surface area (Å²) in [6.45, 7) is 5.09. The van der Waals surface area contributed by atoms with Gasteiger partial charge in [0.1, 0.15) is 17.6 Å². The van der Waals surface area contributed by atoms with Crippen LogP contribution in [0.3, 0.4) is 0 Å². The molecule has 3 aromatic rings. The lowest BCUT2D eigenvalue weighted by atomic mass is 9.84. The number of aliphatic hydroxyl groups is 1. The van der Waals surface area contributed by atoms with Crippen LogP contribution in [0.25, 0.3) is 11.3 Å². The number of nitrogens with zero attached hydrogens (tertiary/aromatic N) is 5. The summed E-state index contributed by atoms with van der Waals surface area (Å²) in [4.78, 5) is 65.0. The highest BCUT2D eigenvalue weighted by Gasteiger charge is 2.34. The molecule has 1 aliphatic carbocycles. The Balaban J connectivity index is 0.754. The van der Waals surface area contributed by atoms with Gasteiger partial charge in [0.25, 0.3) is 5.91 Å². The topological polar surface area (TPSA) is 160 Å². The van der Waals surface area contributed by atoms with Crippen molar-refractivity contribution in [2.75, 3.05) is 56.4 Å². The summed E-state index contributed by atoms with van der Waals surface area (Å²) in [7, 11) is 0. The Morgan fingerprint density at radius 3 is 2.31 bits per heavy atom. The van der Waals surface area contributed by atoms with E-state index in [9.17, 15) is 28.7 Å². The van der Waals surface area contributed by atoms with E-state index in [4.69, 9.17) is 0 Å². The highest BCUT2D eigenvalue weighted by molar-refractivity contribution is 6.01. The van der Waals surface area contributed by atoms with Gasteiger partial charge in [-0.2, -0.15) is 0 Å². The lowest BCUT2D eigenvalue weighted by Gasteiger charge is -2.39. The number of piperidine rings is 3. The number of carbonyl (C=O) groups excluding carboxylic acids is 4. The molecule has 59 heavy (non-hydrogen) atoms. The van der Waals surface area contributed by atoms with Crippen molar-refractivity contribution in [1.29, 1.82) is 0 Å². The first-order valence-corrected chi connectivity index (χ1v) is 21.3. The van der Waals surface area contributed by atoms with Crippen molar-refractivity contribution in [2.45, 2.75) is 94.7 Å². The Morgan fingerprint density at radius 1 is 0.831 bits per heavy atom. The average Bonchev–Trinajstić information content (AvgIpc) is 3.69. The van der Waals surface area contributed by atoms with E-state index in [1.165, 1.54) is 6.07 Å². The maximum Gasteiger partial charge on any atom is 0.253 e. The first-order chi connectivity index (χ1) is 28.6. The van der Waals surface area contributed by atoms with Gasteiger partial charge < -0.3 is 30.4 Å². The smallest absolute Gasteiger partial charge is 0.253 e. The fourth-order valence-electron chi connectivity index (χ4n) is 9.58. The second kappa shape index (κ2) is 18.1. The first-order valence-electron chi connectivity index (χ1n) is 21.3. The molecule has 2 aromatic carbocycles. The van der Waals surface area contributed by atoms with Crippen LogP contribution in [0.5, 0.6) is 0 Å². The van der Waals surface area contributed by atoms with Crippen LogP contribution < -0.4 is 16.0 Å². The van der Waals surface area contributed by atoms with E-state index in [1.807, 2.05) is 17.0 Å². The molecule has 5 aliphatic rings. The summed E-state index contributed by atoms with van der Waals surface area (Å²) >= 11 is 0. The van der Waals surface area contributed by atoms with Gasteiger partial charge in [-0.15, -0.1) is 0 Å². The fraction of sp³-hybridized carbons (Fsp3) is 0.545. The molecule has 4 N–H and O–H groups in total. The van der Waals surface area contributed by atoms with E-state index in [0.717, 1.165) is 90.3 Å². The number of hydrogen-bond donors (Lipinski definition) is 4. The normalized spacial score (nSPS) is 24.9. The number of anilines is 2. The molecule has 1 aromatic heterocycles. The van der Waals surface area contributed by atoms with Crippen molar-refractivity contribution in [3.8, 4) is 11.3 Å². The third kappa shape index (κ3) is 9.73. The van der Waals surface area contributed by atoms with Gasteiger partial charge in [-0.25, -0.2) is 18.7 Å². The van der Waals surface area contributed by atoms with Crippen LogP contribution in [-0.2, 0) is 14.4 Å². The second-order valence-electron chi connectivity index (χ2n) is 17.1. The third-order valence-electron chi connectivity index (χ3n) is 13.0. The van der Waals surface area contributed by atoms with Crippen LogP contribution in [0.4, 0.5) is 20.4 Å². The maximum atomic E-state index is 15.2. The van der Waals surface area contributed by atoms with Gasteiger partial charge in [-0.1, -0.05) is 18.2 Å². The minimum absolute atomic E-state index is 0.0204. The quantitative estimate of drug-likeness (QED) is 0.207. The Kier molecular flexibility index (Phi) is 12.5. The maximum absolute atomic E-state index is 15.2. The molecule has 4 amide bonds. The van der Waals surface area contributed by atoms with Crippen molar-refractivity contribution >= 4 is 35.3 Å². The van der Waals surface area contributed by atoms with Crippen molar-refractivity contribution in [3.05, 3.63) is 71.4 Å². The molecule has 5 heterocycles. The summed E-state index contributed by atoms with van der Waals surface area (Å²) < 4.78 is 30.2. The van der Waals surface area contributed by atoms with E-state index in [2.05, 4.69) is 30.8 Å². The minimum atomic E-state index is -0.585. The number of imide groups is 1. The number of hydrogen-bond acceptors (Lipinski definition) is 10. The number of β-amino-alcohol motifs (C(OH)–C–C–N with tert-alkyl or cyclic N) is 1. The number of aromatic nitrogens is 2. The summed E-state index contributed by atoms with van der Waals surface area (Å²) in [6, 6.07) is 11.3. The number of carbonyl (C=O) groups is 4. The van der Waals surface area contributed by atoms with Gasteiger partial charge in [-0.3, -0.25) is 24.5 Å². The monoisotopic (exact) mass is 812 g/mol. The second-order valence-corrected chi connectivity index (χ2v) is 17.1. The summed E-state index contributed by atoms with van der Waals surface area (Å²) in [6.07, 6.45) is 8.58. The Morgan fingerprint density at radius 2 is 1.59 bits per heavy atom. The SMILES string of the molecule is O=C1CCC(Nc2ccc(C3CCN(CC4CCN(C(=O)C5CCC(Nc6ncc(F)c(-c7cccc(C(=O)N8CC[C@H](O)C8)c7)n6)CC5)CC4)CC3)c(F)c2)C(=O)N1. The van der Waals surface area contributed by atoms with Crippen LogP contribution in [0.2, 0.25) is 0 Å². The molecule has 1 unspecified atom stereocenters. The number of nitrogens with one attached hydrogen (secondary N) is 3. The van der Waals surface area contributed by atoms with E-state index in [-0.39, 0.29) is 66.0 Å². The molecule has 314 valence electrons. The van der Waals surface area contributed by atoms with Gasteiger partial charge in [0, 0.05) is 67.9 Å². The van der Waals surface area contributed by atoms with E-state index >= 15 is 4.39 Å². The Labute approximate surface area is 343 Å². The van der Waals surface area contributed by atoms with Crippen LogP contribution in [0.1, 0.15) is 92.5 Å². The van der Waals surface area contributed by atoms with Crippen LogP contribution in [0.15, 0.2) is 48.7 Å². The third-order valence-corrected chi connectivity index (χ3v) is 13.0. The van der Waals surface area contributed by atoms with E-state index in [1.54, 1.807) is 29.2 Å². The zero-order valence-corrected chi connectivity index (χ0v) is 33.4. The van der Waals surface area contributed by atoms with Gasteiger partial charge in [0.2, 0.25) is 23.7 Å². The molecule has 8 rings (SSSR count). The Bertz CT molecular complexity index is 2030. The molecule has 0 radical (unpaired) electrons. The Hall–Kier alpha value is -5.02. The van der Waals surface area contributed by atoms with Crippen LogP contribution in [-0.4, -0.2) is 117 Å². The predicted octanol–water partition coefficient (Wildman–Crippen LogP) is 4.93. The number of halogens is 2. The van der Waals surface area contributed by atoms with Crippen LogP contribution in [0, 0.1) is 23.5 Å². The van der Waals surface area contributed by atoms with Crippen molar-refractivity contribution in [1.82, 2.24) is 30.0 Å². The molecular formula is C44H54F2N8O5. The molecular weight excluding hydrogens is 759 g/mol. The zero-order valence-electron chi connectivity index (χ0n) is 33.4. The number of amides is 4. The molecule has 15 heteroatoms. The van der Waals surface area contributed by atoms with E-state index in [0.29, 0.717) is 53.6 Å². The zero-order chi connectivity index (χ0) is 41.0. The molecule has 4 aliphatic heterocycles. The number of likely N-dealkylation sites (tertiary alicyclic amines) is 3. The van der Waals surface area contributed by atoms with Crippen molar-refractivity contribution < 1.29 is 33.1 Å². The lowest BCUT2D eigenvalue weighted by molar-refractivity contribution is -0.138. The van der Waals surface area contributed by atoms with Crippen molar-refractivity contribution in [2.24, 2.45) is 11.8 Å². The highest BCUT2D eigenvalue weighted by atomic mass is 19.1. The van der Waals surface area contributed by atoms with E-state index < -0.39 is 18.0 Å². The van der Waals surface area contributed by atoms with Crippen molar-refractivity contribution in [3.63, 3.8) is 0 Å². The number of benzene rings is 2. The molecule has 0 spiro atoms. The molecule has 4 saturated heterocycles. The summed E-state index contributed by atoms with van der Waals surface area (Å²) in [5.74, 6) is -0.534. The molecule has 1 saturated carbocycles. The highest BCUT2D eigenvalue weighted by Crippen LogP contribution is 2.34. The summed E-state index contributed by atoms with van der Waals surface area (Å²) in [5, 5.41) is 18.6. The molecule has 2 atom stereocenters. The summed E-state index contributed by atoms with van der Waals surface area (Å²) in [5.41, 5.74) is 2.24. The number of aliphatic hydroxyl groups excluding tert-OH is 1. The van der Waals surface area contributed by atoms with Gasteiger partial charge in [0.15, 0.2) is 5.82 Å². The largest absolute Gasteiger partial charge is 0.391 e.